The molecule has 120 valence electrons. The summed E-state index contributed by atoms with van der Waals surface area (Å²) in [4.78, 5) is 19.1. The maximum atomic E-state index is 12.1. The molecule has 0 aliphatic carbocycles. The molecule has 1 aliphatic heterocycles. The molecule has 4 heteroatoms. The highest BCUT2D eigenvalue weighted by Gasteiger charge is 2.21. The van der Waals surface area contributed by atoms with E-state index in [4.69, 9.17) is 0 Å². The lowest BCUT2D eigenvalue weighted by atomic mass is 9.98. The van der Waals surface area contributed by atoms with Gasteiger partial charge in [-0.3, -0.25) is 4.79 Å². The van der Waals surface area contributed by atoms with Crippen LogP contribution >= 0.6 is 0 Å². The Morgan fingerprint density at radius 3 is 2.83 bits per heavy atom. The Hall–Kier alpha value is -2.36. The topological polar surface area (TPSA) is 45.2 Å². The lowest BCUT2D eigenvalue weighted by molar-refractivity contribution is 0.0945. The second kappa shape index (κ2) is 7.27. The van der Waals surface area contributed by atoms with Crippen molar-refractivity contribution in [1.29, 1.82) is 0 Å². The molecule has 0 spiro atoms. The maximum absolute atomic E-state index is 12.1. The maximum Gasteiger partial charge on any atom is 0.251 e. The summed E-state index contributed by atoms with van der Waals surface area (Å²) < 4.78 is 0. The smallest absolute Gasteiger partial charge is 0.251 e. The van der Waals surface area contributed by atoms with Crippen LogP contribution in [0.1, 0.15) is 28.9 Å². The highest BCUT2D eigenvalue weighted by atomic mass is 16.1. The summed E-state index contributed by atoms with van der Waals surface area (Å²) >= 11 is 0. The van der Waals surface area contributed by atoms with Gasteiger partial charge in [0.15, 0.2) is 0 Å². The number of amides is 1. The number of piperidine rings is 1. The van der Waals surface area contributed by atoms with E-state index in [0.717, 1.165) is 49.6 Å². The van der Waals surface area contributed by atoms with Crippen molar-refractivity contribution >= 4 is 11.7 Å². The van der Waals surface area contributed by atoms with Crippen molar-refractivity contribution in [2.75, 3.05) is 24.5 Å². The Labute approximate surface area is 137 Å². The molecule has 23 heavy (non-hydrogen) atoms. The summed E-state index contributed by atoms with van der Waals surface area (Å²) in [6.07, 6.45) is 2.29. The Bertz CT molecular complexity index is 657. The third kappa shape index (κ3) is 4.09. The molecule has 1 aliphatic rings. The predicted octanol–water partition coefficient (Wildman–Crippen LogP) is 3.04. The van der Waals surface area contributed by atoms with Crippen LogP contribution in [0, 0.1) is 12.8 Å². The first-order valence-electron chi connectivity index (χ1n) is 8.24. The van der Waals surface area contributed by atoms with Crippen LogP contribution in [0.15, 0.2) is 48.5 Å². The van der Waals surface area contributed by atoms with Crippen LogP contribution in [0.5, 0.6) is 0 Å². The molecule has 1 aromatic carbocycles. The normalized spacial score (nSPS) is 17.8. The van der Waals surface area contributed by atoms with E-state index in [9.17, 15) is 4.79 Å². The van der Waals surface area contributed by atoms with Crippen molar-refractivity contribution in [3.8, 4) is 0 Å². The van der Waals surface area contributed by atoms with Crippen molar-refractivity contribution in [3.05, 3.63) is 59.8 Å². The van der Waals surface area contributed by atoms with Crippen LogP contribution in [0.2, 0.25) is 0 Å². The minimum Gasteiger partial charge on any atom is -0.356 e. The fourth-order valence-electron chi connectivity index (χ4n) is 3.07. The van der Waals surface area contributed by atoms with E-state index in [-0.39, 0.29) is 5.91 Å². The molecule has 2 heterocycles. The Morgan fingerprint density at radius 2 is 2.04 bits per heavy atom. The van der Waals surface area contributed by atoms with Crippen LogP contribution < -0.4 is 10.2 Å². The van der Waals surface area contributed by atoms with E-state index in [0.29, 0.717) is 5.92 Å². The molecule has 1 amide bonds. The van der Waals surface area contributed by atoms with E-state index in [1.54, 1.807) is 0 Å². The molecule has 4 nitrogen and oxygen atoms in total. The van der Waals surface area contributed by atoms with Gasteiger partial charge < -0.3 is 10.2 Å². The zero-order chi connectivity index (χ0) is 16.1. The molecule has 1 aromatic heterocycles. The Kier molecular flexibility index (Phi) is 4.91. The van der Waals surface area contributed by atoms with Gasteiger partial charge in [0.25, 0.3) is 5.91 Å². The zero-order valence-electron chi connectivity index (χ0n) is 13.5. The number of hydrogen-bond acceptors (Lipinski definition) is 3. The van der Waals surface area contributed by atoms with Gasteiger partial charge in [-0.1, -0.05) is 24.3 Å². The van der Waals surface area contributed by atoms with Crippen molar-refractivity contribution in [2.24, 2.45) is 5.92 Å². The molecule has 0 unspecified atom stereocenters. The second-order valence-corrected chi connectivity index (χ2v) is 6.17. The number of benzene rings is 1. The second-order valence-electron chi connectivity index (χ2n) is 6.17. The monoisotopic (exact) mass is 309 g/mol. The standard InChI is InChI=1S/C19H23N3O/c1-15-7-5-11-18(21-15)22-12-6-8-16(14-22)13-20-19(23)17-9-3-2-4-10-17/h2-5,7,9-11,16H,6,8,12-14H2,1H3,(H,20,23)/t16-/m1/s1. The largest absolute Gasteiger partial charge is 0.356 e. The molecule has 1 saturated heterocycles. The summed E-state index contributed by atoms with van der Waals surface area (Å²) in [7, 11) is 0. The molecular weight excluding hydrogens is 286 g/mol. The fraction of sp³-hybridized carbons (Fsp3) is 0.368. The van der Waals surface area contributed by atoms with E-state index in [2.05, 4.69) is 27.3 Å². The molecule has 2 aromatic rings. The van der Waals surface area contributed by atoms with Gasteiger partial charge in [0.1, 0.15) is 5.82 Å². The average molecular weight is 309 g/mol. The molecular formula is C19H23N3O. The number of nitrogens with zero attached hydrogens (tertiary/aromatic N) is 2. The number of hydrogen-bond donors (Lipinski definition) is 1. The number of carbonyl (C=O) groups excluding carboxylic acids is 1. The minimum absolute atomic E-state index is 0.0106. The predicted molar refractivity (Wildman–Crippen MR) is 92.7 cm³/mol. The lowest BCUT2D eigenvalue weighted by Gasteiger charge is -2.33. The van der Waals surface area contributed by atoms with E-state index in [1.165, 1.54) is 0 Å². The number of carbonyl (C=O) groups is 1. The van der Waals surface area contributed by atoms with E-state index >= 15 is 0 Å². The van der Waals surface area contributed by atoms with Crippen molar-refractivity contribution in [1.82, 2.24) is 10.3 Å². The van der Waals surface area contributed by atoms with Gasteiger partial charge in [0.2, 0.25) is 0 Å². The van der Waals surface area contributed by atoms with Crippen LogP contribution in [0.4, 0.5) is 5.82 Å². The first-order valence-corrected chi connectivity index (χ1v) is 8.24. The van der Waals surface area contributed by atoms with E-state index < -0.39 is 0 Å². The lowest BCUT2D eigenvalue weighted by Crippen LogP contribution is -2.41. The van der Waals surface area contributed by atoms with Crippen LogP contribution in [0.25, 0.3) is 0 Å². The highest BCUT2D eigenvalue weighted by molar-refractivity contribution is 5.94. The third-order valence-electron chi connectivity index (χ3n) is 4.30. The van der Waals surface area contributed by atoms with Gasteiger partial charge in [-0.2, -0.15) is 0 Å². The number of aryl methyl sites for hydroxylation is 1. The first kappa shape index (κ1) is 15.5. The highest BCUT2D eigenvalue weighted by Crippen LogP contribution is 2.21. The molecule has 1 atom stereocenters. The van der Waals surface area contributed by atoms with Gasteiger partial charge >= 0.3 is 0 Å². The van der Waals surface area contributed by atoms with Gasteiger partial charge in [0, 0.05) is 30.9 Å². The van der Waals surface area contributed by atoms with Crippen LogP contribution in [0.3, 0.4) is 0 Å². The summed E-state index contributed by atoms with van der Waals surface area (Å²) in [5, 5.41) is 3.07. The number of aromatic nitrogens is 1. The first-order chi connectivity index (χ1) is 11.2. The van der Waals surface area contributed by atoms with Crippen LogP contribution in [-0.4, -0.2) is 30.5 Å². The number of anilines is 1. The summed E-state index contributed by atoms with van der Waals surface area (Å²) in [6.45, 7) is 4.73. The molecule has 0 radical (unpaired) electrons. The SMILES string of the molecule is Cc1cccc(N2CCC[C@H](CNC(=O)c3ccccc3)C2)n1. The van der Waals surface area contributed by atoms with Crippen molar-refractivity contribution in [3.63, 3.8) is 0 Å². The molecule has 0 saturated carbocycles. The summed E-state index contributed by atoms with van der Waals surface area (Å²) in [6, 6.07) is 15.5. The Balaban J connectivity index is 1.56. The third-order valence-corrected chi connectivity index (χ3v) is 4.30. The van der Waals surface area contributed by atoms with Gasteiger partial charge in [-0.25, -0.2) is 4.98 Å². The van der Waals surface area contributed by atoms with Crippen molar-refractivity contribution in [2.45, 2.75) is 19.8 Å². The van der Waals surface area contributed by atoms with Gasteiger partial charge in [0.05, 0.1) is 0 Å². The van der Waals surface area contributed by atoms with Crippen molar-refractivity contribution < 1.29 is 4.79 Å². The number of nitrogens with one attached hydrogen (secondary N) is 1. The molecule has 1 N–H and O–H groups in total. The zero-order valence-corrected chi connectivity index (χ0v) is 13.5. The average Bonchev–Trinajstić information content (AvgIpc) is 2.61. The van der Waals surface area contributed by atoms with Gasteiger partial charge in [-0.05, 0) is 49.9 Å². The number of pyridine rings is 1. The quantitative estimate of drug-likeness (QED) is 0.944. The summed E-state index contributed by atoms with van der Waals surface area (Å²) in [5.74, 6) is 1.53. The van der Waals surface area contributed by atoms with Gasteiger partial charge in [-0.15, -0.1) is 0 Å². The molecule has 0 bridgehead atoms. The Morgan fingerprint density at radius 1 is 1.22 bits per heavy atom. The van der Waals surface area contributed by atoms with Crippen LogP contribution in [-0.2, 0) is 0 Å². The fourth-order valence-corrected chi connectivity index (χ4v) is 3.07. The summed E-state index contributed by atoms with van der Waals surface area (Å²) in [5.41, 5.74) is 1.77. The minimum atomic E-state index is 0.0106. The van der Waals surface area contributed by atoms with E-state index in [1.807, 2.05) is 43.3 Å². The molecule has 3 rings (SSSR count). The number of rotatable bonds is 4. The molecule has 1 fully saturated rings.